The molecule has 2 heterocycles. The van der Waals surface area contributed by atoms with Crippen molar-refractivity contribution in [3.63, 3.8) is 0 Å². The van der Waals surface area contributed by atoms with Gasteiger partial charge in [0, 0.05) is 12.6 Å². The third kappa shape index (κ3) is 3.42. The van der Waals surface area contributed by atoms with E-state index in [1.54, 1.807) is 0 Å². The largest absolute Gasteiger partial charge is 0.444 e. The van der Waals surface area contributed by atoms with Crippen LogP contribution in [0.25, 0.3) is 5.57 Å². The standard InChI is InChI=1S/C19H26N2O2/c1-19(2,3)23-18(22)21-16-8-9-17(21)11-15(10-16)14-6-4-13(12-20)5-7-14/h4-7,10,16-17H,8-9,11-12,20H2,1-3H3. The Hall–Kier alpha value is -1.81. The molecule has 124 valence electrons. The number of carbonyl (C=O) groups excluding carboxylic acids is 1. The van der Waals surface area contributed by atoms with Crippen LogP contribution in [0.3, 0.4) is 0 Å². The van der Waals surface area contributed by atoms with E-state index in [1.165, 1.54) is 11.1 Å². The number of hydrogen-bond donors (Lipinski definition) is 1. The van der Waals surface area contributed by atoms with E-state index in [0.29, 0.717) is 6.54 Å². The molecular weight excluding hydrogens is 288 g/mol. The summed E-state index contributed by atoms with van der Waals surface area (Å²) in [5.74, 6) is 0. The van der Waals surface area contributed by atoms with Gasteiger partial charge in [-0.3, -0.25) is 4.90 Å². The molecule has 2 N–H and O–H groups in total. The molecule has 23 heavy (non-hydrogen) atoms. The highest BCUT2D eigenvalue weighted by Gasteiger charge is 2.41. The SMILES string of the molecule is CC(C)(C)OC(=O)N1C2C=C(c3ccc(CN)cc3)CC1CC2. The lowest BCUT2D eigenvalue weighted by Crippen LogP contribution is -2.45. The molecule has 0 aliphatic carbocycles. The maximum Gasteiger partial charge on any atom is 0.411 e. The number of hydrogen-bond acceptors (Lipinski definition) is 3. The third-order valence-corrected chi connectivity index (χ3v) is 4.56. The molecule has 1 aromatic carbocycles. The molecule has 1 aromatic rings. The van der Waals surface area contributed by atoms with E-state index in [9.17, 15) is 4.79 Å². The lowest BCUT2D eigenvalue weighted by Gasteiger charge is -2.35. The van der Waals surface area contributed by atoms with Gasteiger partial charge in [0.2, 0.25) is 0 Å². The normalized spacial score (nSPS) is 23.7. The molecule has 1 fully saturated rings. The summed E-state index contributed by atoms with van der Waals surface area (Å²) in [6.45, 7) is 6.31. The van der Waals surface area contributed by atoms with Gasteiger partial charge in [0.25, 0.3) is 0 Å². The topological polar surface area (TPSA) is 55.6 Å². The van der Waals surface area contributed by atoms with Crippen molar-refractivity contribution in [3.05, 3.63) is 41.5 Å². The van der Waals surface area contributed by atoms with Crippen LogP contribution < -0.4 is 5.73 Å². The Kier molecular flexibility index (Phi) is 4.19. The summed E-state index contributed by atoms with van der Waals surface area (Å²) in [5, 5.41) is 0. The number of nitrogens with zero attached hydrogens (tertiary/aromatic N) is 1. The number of fused-ring (bicyclic) bond motifs is 2. The highest BCUT2D eigenvalue weighted by atomic mass is 16.6. The number of amides is 1. The van der Waals surface area contributed by atoms with Gasteiger partial charge in [-0.15, -0.1) is 0 Å². The van der Waals surface area contributed by atoms with Crippen molar-refractivity contribution in [2.75, 3.05) is 0 Å². The van der Waals surface area contributed by atoms with Gasteiger partial charge in [-0.1, -0.05) is 30.3 Å². The zero-order valence-electron chi connectivity index (χ0n) is 14.2. The van der Waals surface area contributed by atoms with E-state index >= 15 is 0 Å². The fourth-order valence-electron chi connectivity index (χ4n) is 3.50. The Morgan fingerprint density at radius 1 is 1.26 bits per heavy atom. The van der Waals surface area contributed by atoms with E-state index in [4.69, 9.17) is 10.5 Å². The van der Waals surface area contributed by atoms with Gasteiger partial charge >= 0.3 is 6.09 Å². The summed E-state index contributed by atoms with van der Waals surface area (Å²) in [6, 6.07) is 8.85. The smallest absolute Gasteiger partial charge is 0.411 e. The van der Waals surface area contributed by atoms with Gasteiger partial charge in [-0.05, 0) is 56.7 Å². The van der Waals surface area contributed by atoms with Gasteiger partial charge in [0.1, 0.15) is 5.60 Å². The van der Waals surface area contributed by atoms with E-state index < -0.39 is 5.60 Å². The zero-order chi connectivity index (χ0) is 16.6. The molecule has 0 aromatic heterocycles. The first-order valence-electron chi connectivity index (χ1n) is 8.39. The average Bonchev–Trinajstić information content (AvgIpc) is 2.76. The van der Waals surface area contributed by atoms with E-state index in [0.717, 1.165) is 24.8 Å². The Bertz CT molecular complexity index is 613. The molecule has 4 heteroatoms. The fourth-order valence-corrected chi connectivity index (χ4v) is 3.50. The van der Waals surface area contributed by atoms with Crippen LogP contribution in [0.5, 0.6) is 0 Å². The van der Waals surface area contributed by atoms with Crippen molar-refractivity contribution in [2.24, 2.45) is 5.73 Å². The first-order valence-corrected chi connectivity index (χ1v) is 8.39. The molecule has 0 radical (unpaired) electrons. The predicted octanol–water partition coefficient (Wildman–Crippen LogP) is 3.70. The highest BCUT2D eigenvalue weighted by molar-refractivity contribution is 5.75. The van der Waals surface area contributed by atoms with Crippen molar-refractivity contribution in [2.45, 2.75) is 64.3 Å². The van der Waals surface area contributed by atoms with Crippen molar-refractivity contribution in [3.8, 4) is 0 Å². The summed E-state index contributed by atoms with van der Waals surface area (Å²) in [6.07, 6.45) is 5.03. The second-order valence-electron chi connectivity index (χ2n) is 7.48. The molecule has 2 atom stereocenters. The molecule has 2 bridgehead atoms. The summed E-state index contributed by atoms with van der Waals surface area (Å²) < 4.78 is 5.57. The van der Waals surface area contributed by atoms with Gasteiger partial charge in [0.15, 0.2) is 0 Å². The van der Waals surface area contributed by atoms with Gasteiger partial charge in [-0.25, -0.2) is 4.79 Å². The molecule has 2 aliphatic heterocycles. The molecule has 1 saturated heterocycles. The van der Waals surface area contributed by atoms with Gasteiger partial charge < -0.3 is 10.5 Å². The number of rotatable bonds is 2. The summed E-state index contributed by atoms with van der Waals surface area (Å²) in [7, 11) is 0. The lowest BCUT2D eigenvalue weighted by molar-refractivity contribution is 0.0175. The molecule has 0 saturated carbocycles. The van der Waals surface area contributed by atoms with E-state index in [2.05, 4.69) is 30.3 Å². The highest BCUT2D eigenvalue weighted by Crippen LogP contribution is 2.39. The predicted molar refractivity (Wildman–Crippen MR) is 91.8 cm³/mol. The van der Waals surface area contributed by atoms with E-state index in [1.807, 2.05) is 25.7 Å². The first kappa shape index (κ1) is 16.1. The molecule has 2 aliphatic rings. The fraction of sp³-hybridized carbons (Fsp3) is 0.526. The second kappa shape index (κ2) is 6.00. The minimum absolute atomic E-state index is 0.160. The summed E-state index contributed by atoms with van der Waals surface area (Å²) >= 11 is 0. The number of nitrogens with two attached hydrogens (primary N) is 1. The monoisotopic (exact) mass is 314 g/mol. The first-order chi connectivity index (χ1) is 10.9. The average molecular weight is 314 g/mol. The Morgan fingerprint density at radius 2 is 1.96 bits per heavy atom. The molecule has 1 amide bonds. The van der Waals surface area contributed by atoms with Crippen LogP contribution in [-0.4, -0.2) is 28.7 Å². The van der Waals surface area contributed by atoms with Crippen LogP contribution in [0, 0.1) is 0 Å². The van der Waals surface area contributed by atoms with Gasteiger partial charge in [0.05, 0.1) is 6.04 Å². The Balaban J connectivity index is 1.78. The quantitative estimate of drug-likeness (QED) is 0.905. The number of carbonyl (C=O) groups is 1. The third-order valence-electron chi connectivity index (χ3n) is 4.56. The number of benzene rings is 1. The van der Waals surface area contributed by atoms with Crippen LogP contribution in [-0.2, 0) is 11.3 Å². The molecule has 0 spiro atoms. The molecular formula is C19H26N2O2. The molecule has 4 nitrogen and oxygen atoms in total. The van der Waals surface area contributed by atoms with E-state index in [-0.39, 0.29) is 18.2 Å². The molecule has 3 rings (SSSR count). The Morgan fingerprint density at radius 3 is 2.52 bits per heavy atom. The number of ether oxygens (including phenoxy) is 1. The van der Waals surface area contributed by atoms with Crippen LogP contribution in [0.4, 0.5) is 4.79 Å². The van der Waals surface area contributed by atoms with Crippen LogP contribution in [0.15, 0.2) is 30.3 Å². The minimum atomic E-state index is -0.446. The van der Waals surface area contributed by atoms with Crippen molar-refractivity contribution in [1.82, 2.24) is 4.90 Å². The van der Waals surface area contributed by atoms with Crippen LogP contribution in [0.1, 0.15) is 51.2 Å². The minimum Gasteiger partial charge on any atom is -0.444 e. The Labute approximate surface area is 138 Å². The van der Waals surface area contributed by atoms with Crippen LogP contribution >= 0.6 is 0 Å². The van der Waals surface area contributed by atoms with Crippen molar-refractivity contribution in [1.29, 1.82) is 0 Å². The van der Waals surface area contributed by atoms with Gasteiger partial charge in [-0.2, -0.15) is 0 Å². The molecule has 2 unspecified atom stereocenters. The van der Waals surface area contributed by atoms with Crippen molar-refractivity contribution >= 4 is 11.7 Å². The summed E-state index contributed by atoms with van der Waals surface area (Å²) in [4.78, 5) is 14.4. The van der Waals surface area contributed by atoms with Crippen LogP contribution in [0.2, 0.25) is 0 Å². The lowest BCUT2D eigenvalue weighted by atomic mass is 9.94. The zero-order valence-corrected chi connectivity index (χ0v) is 14.2. The maximum atomic E-state index is 12.5. The maximum absolute atomic E-state index is 12.5. The summed E-state index contributed by atoms with van der Waals surface area (Å²) in [5.41, 5.74) is 8.93. The second-order valence-corrected chi connectivity index (χ2v) is 7.48. The van der Waals surface area contributed by atoms with Crippen molar-refractivity contribution < 1.29 is 9.53 Å².